The van der Waals surface area contributed by atoms with Crippen LogP contribution in [0.3, 0.4) is 0 Å². The van der Waals surface area contributed by atoms with Gasteiger partial charge in [-0.05, 0) is 49.6 Å². The lowest BCUT2D eigenvalue weighted by Crippen LogP contribution is -2.40. The van der Waals surface area contributed by atoms with Crippen LogP contribution < -0.4 is 5.32 Å². The van der Waals surface area contributed by atoms with Crippen LogP contribution in [-0.4, -0.2) is 18.0 Å². The number of hydrogen-bond donors (Lipinski definition) is 1. The van der Waals surface area contributed by atoms with Crippen LogP contribution in [0, 0.1) is 17.1 Å². The number of nitrogens with zero attached hydrogens (tertiary/aromatic N) is 1. The maximum atomic E-state index is 13.3. The molecule has 0 radical (unpaired) electrons. The Balaban J connectivity index is 1.74. The molecule has 3 rings (SSSR count). The lowest BCUT2D eigenvalue weighted by Gasteiger charge is -2.28. The Morgan fingerprint density at radius 1 is 1.14 bits per heavy atom. The van der Waals surface area contributed by atoms with Gasteiger partial charge in [0.15, 0.2) is 6.10 Å². The minimum absolute atomic E-state index is 0.327. The van der Waals surface area contributed by atoms with E-state index in [0.29, 0.717) is 29.7 Å². The lowest BCUT2D eigenvalue weighted by molar-refractivity contribution is -0.159. The van der Waals surface area contributed by atoms with E-state index in [-0.39, 0.29) is 5.82 Å². The number of para-hydroxylation sites is 1. The lowest BCUT2D eigenvalue weighted by atomic mass is 9.79. The van der Waals surface area contributed by atoms with E-state index in [1.54, 1.807) is 36.4 Å². The summed E-state index contributed by atoms with van der Waals surface area (Å²) in [5.74, 6) is -1.36. The molecule has 0 aromatic heterocycles. The van der Waals surface area contributed by atoms with Crippen molar-refractivity contribution in [2.75, 3.05) is 5.32 Å². The number of nitriles is 1. The van der Waals surface area contributed by atoms with Gasteiger partial charge in [-0.3, -0.25) is 9.59 Å². The Kier molecular flexibility index (Phi) is 5.74. The number of hydrogen-bond acceptors (Lipinski definition) is 4. The molecule has 1 N–H and O–H groups in total. The molecule has 0 aliphatic heterocycles. The molecule has 0 heterocycles. The maximum Gasteiger partial charge on any atom is 0.317 e. The van der Waals surface area contributed by atoms with E-state index in [0.717, 1.165) is 12.8 Å². The minimum atomic E-state index is -1.03. The van der Waals surface area contributed by atoms with Gasteiger partial charge >= 0.3 is 5.97 Å². The van der Waals surface area contributed by atoms with Gasteiger partial charge in [0.2, 0.25) is 0 Å². The van der Waals surface area contributed by atoms with Gasteiger partial charge in [0.25, 0.3) is 5.91 Å². The summed E-state index contributed by atoms with van der Waals surface area (Å²) in [5.41, 5.74) is 0.547. The zero-order valence-corrected chi connectivity index (χ0v) is 15.6. The Morgan fingerprint density at radius 2 is 1.79 bits per heavy atom. The minimum Gasteiger partial charge on any atom is -0.452 e. The SMILES string of the molecule is C[C@@H](OC(=O)C1(c2ccc(F)cc2)CCCC1)C(=O)Nc1ccccc1C#N. The van der Waals surface area contributed by atoms with Crippen molar-refractivity contribution >= 4 is 17.6 Å². The predicted octanol–water partition coefficient (Wildman–Crippen LogP) is 4.08. The number of halogens is 1. The van der Waals surface area contributed by atoms with Crippen LogP contribution in [0.1, 0.15) is 43.7 Å². The van der Waals surface area contributed by atoms with Crippen LogP contribution in [0.2, 0.25) is 0 Å². The summed E-state index contributed by atoms with van der Waals surface area (Å²) in [6, 6.07) is 14.5. The summed E-state index contributed by atoms with van der Waals surface area (Å²) >= 11 is 0. The number of esters is 1. The van der Waals surface area contributed by atoms with E-state index in [9.17, 15) is 14.0 Å². The normalized spacial score (nSPS) is 16.0. The first kappa shape index (κ1) is 19.6. The largest absolute Gasteiger partial charge is 0.452 e. The molecule has 144 valence electrons. The van der Waals surface area contributed by atoms with Crippen molar-refractivity contribution in [1.29, 1.82) is 5.26 Å². The molecule has 0 saturated heterocycles. The van der Waals surface area contributed by atoms with Crippen LogP contribution in [0.25, 0.3) is 0 Å². The number of ether oxygens (including phenoxy) is 1. The highest BCUT2D eigenvalue weighted by Crippen LogP contribution is 2.42. The average molecular weight is 380 g/mol. The van der Waals surface area contributed by atoms with Gasteiger partial charge in [-0.2, -0.15) is 5.26 Å². The van der Waals surface area contributed by atoms with Crippen LogP contribution in [0.4, 0.5) is 10.1 Å². The first-order valence-electron chi connectivity index (χ1n) is 9.23. The van der Waals surface area contributed by atoms with Crippen LogP contribution in [-0.2, 0) is 19.7 Å². The zero-order chi connectivity index (χ0) is 20.1. The van der Waals surface area contributed by atoms with Crippen molar-refractivity contribution in [3.8, 4) is 6.07 Å². The van der Waals surface area contributed by atoms with Crippen LogP contribution in [0.15, 0.2) is 48.5 Å². The zero-order valence-electron chi connectivity index (χ0n) is 15.6. The van der Waals surface area contributed by atoms with Gasteiger partial charge in [-0.1, -0.05) is 37.1 Å². The van der Waals surface area contributed by atoms with E-state index in [1.807, 2.05) is 6.07 Å². The molecule has 0 spiro atoms. The predicted molar refractivity (Wildman–Crippen MR) is 102 cm³/mol. The number of rotatable bonds is 5. The highest BCUT2D eigenvalue weighted by molar-refractivity contribution is 5.97. The van der Waals surface area contributed by atoms with E-state index in [1.165, 1.54) is 19.1 Å². The van der Waals surface area contributed by atoms with Gasteiger partial charge in [0.05, 0.1) is 16.7 Å². The molecule has 28 heavy (non-hydrogen) atoms. The molecule has 1 aliphatic carbocycles. The summed E-state index contributed by atoms with van der Waals surface area (Å²) in [4.78, 5) is 25.5. The summed E-state index contributed by atoms with van der Waals surface area (Å²) in [6.07, 6.45) is 1.90. The van der Waals surface area contributed by atoms with Gasteiger partial charge in [-0.15, -0.1) is 0 Å². The molecular formula is C22H21FN2O3. The third kappa shape index (κ3) is 3.89. The standard InChI is InChI=1S/C22H21FN2O3/c1-15(20(26)25-19-7-3-2-6-16(19)14-24)28-21(27)22(12-4-5-13-22)17-8-10-18(23)11-9-17/h2-3,6-11,15H,4-5,12-13H2,1H3,(H,25,26)/t15-/m1/s1. The second-order valence-corrected chi connectivity index (χ2v) is 6.99. The molecule has 1 saturated carbocycles. The van der Waals surface area contributed by atoms with E-state index >= 15 is 0 Å². The smallest absolute Gasteiger partial charge is 0.317 e. The first-order chi connectivity index (χ1) is 13.5. The Labute approximate surface area is 163 Å². The maximum absolute atomic E-state index is 13.3. The molecule has 0 bridgehead atoms. The second-order valence-electron chi connectivity index (χ2n) is 6.99. The topological polar surface area (TPSA) is 79.2 Å². The molecule has 0 unspecified atom stereocenters. The molecule has 5 nitrogen and oxygen atoms in total. The number of nitrogens with one attached hydrogen (secondary N) is 1. The highest BCUT2D eigenvalue weighted by Gasteiger charge is 2.45. The van der Waals surface area contributed by atoms with Gasteiger partial charge < -0.3 is 10.1 Å². The van der Waals surface area contributed by atoms with E-state index in [2.05, 4.69) is 5.32 Å². The molecule has 6 heteroatoms. The van der Waals surface area contributed by atoms with Gasteiger partial charge in [0, 0.05) is 0 Å². The molecule has 1 amide bonds. The van der Waals surface area contributed by atoms with Gasteiger partial charge in [0.1, 0.15) is 11.9 Å². The van der Waals surface area contributed by atoms with Crippen LogP contribution >= 0.6 is 0 Å². The van der Waals surface area contributed by atoms with Crippen LogP contribution in [0.5, 0.6) is 0 Å². The number of carbonyl (C=O) groups excluding carboxylic acids is 2. The number of carbonyl (C=O) groups is 2. The quantitative estimate of drug-likeness (QED) is 0.793. The number of benzene rings is 2. The van der Waals surface area contributed by atoms with E-state index in [4.69, 9.17) is 10.00 Å². The van der Waals surface area contributed by atoms with E-state index < -0.39 is 23.4 Å². The summed E-state index contributed by atoms with van der Waals surface area (Å²) in [5, 5.41) is 11.8. The highest BCUT2D eigenvalue weighted by atomic mass is 19.1. The number of amides is 1. The van der Waals surface area contributed by atoms with Crippen molar-refractivity contribution in [1.82, 2.24) is 0 Å². The third-order valence-corrected chi connectivity index (χ3v) is 5.20. The van der Waals surface area contributed by atoms with Crippen molar-refractivity contribution < 1.29 is 18.7 Å². The molecule has 1 aliphatic rings. The van der Waals surface area contributed by atoms with Crippen molar-refractivity contribution in [2.45, 2.75) is 44.1 Å². The fraction of sp³-hybridized carbons (Fsp3) is 0.318. The summed E-state index contributed by atoms with van der Waals surface area (Å²) < 4.78 is 18.8. The molecule has 2 aromatic carbocycles. The van der Waals surface area contributed by atoms with Crippen molar-refractivity contribution in [3.05, 3.63) is 65.5 Å². The fourth-order valence-corrected chi connectivity index (χ4v) is 3.61. The van der Waals surface area contributed by atoms with Crippen molar-refractivity contribution in [3.63, 3.8) is 0 Å². The Hall–Kier alpha value is -3.20. The first-order valence-corrected chi connectivity index (χ1v) is 9.23. The summed E-state index contributed by atoms with van der Waals surface area (Å²) in [6.45, 7) is 1.50. The molecule has 2 aromatic rings. The Bertz CT molecular complexity index is 912. The fourth-order valence-electron chi connectivity index (χ4n) is 3.61. The van der Waals surface area contributed by atoms with Gasteiger partial charge in [-0.25, -0.2) is 4.39 Å². The van der Waals surface area contributed by atoms with Crippen molar-refractivity contribution in [2.24, 2.45) is 0 Å². The Morgan fingerprint density at radius 3 is 2.43 bits per heavy atom. The average Bonchev–Trinajstić information content (AvgIpc) is 3.20. The molecule has 1 atom stereocenters. The summed E-state index contributed by atoms with van der Waals surface area (Å²) in [7, 11) is 0. The molecular weight excluding hydrogens is 359 g/mol. The second kappa shape index (κ2) is 8.22. The monoisotopic (exact) mass is 380 g/mol. The molecule has 1 fully saturated rings. The number of anilines is 1. The third-order valence-electron chi connectivity index (χ3n) is 5.20.